The van der Waals surface area contributed by atoms with Crippen LogP contribution in [0.25, 0.3) is 0 Å². The van der Waals surface area contributed by atoms with Gasteiger partial charge in [0.15, 0.2) is 12.1 Å². The smallest absolute Gasteiger partial charge is 0.330 e. The minimum absolute atomic E-state index is 0. The minimum Gasteiger partial charge on any atom is -0.541 e. The Morgan fingerprint density at radius 1 is 0.920 bits per heavy atom. The van der Waals surface area contributed by atoms with Crippen LogP contribution in [0, 0.1) is 13.3 Å². The fraction of sp³-hybridized carbons (Fsp3) is 0.639. The molecule has 4 heterocycles. The number of ether oxygens (including phenoxy) is 5. The molecular formula is C36H53NO12Y-2. The van der Waals surface area contributed by atoms with Gasteiger partial charge in [0.1, 0.15) is 18.3 Å². The van der Waals surface area contributed by atoms with E-state index in [1.54, 1.807) is 69.3 Å². The maximum absolute atomic E-state index is 12.2. The number of cyclic esters (lactones) is 1. The molecule has 0 aliphatic carbocycles. The number of allylic oxidation sites excluding steroid dienone is 6. The third-order valence-corrected chi connectivity index (χ3v) is 8.93. The van der Waals surface area contributed by atoms with Gasteiger partial charge in [-0.25, -0.2) is 4.79 Å². The average molecular weight is 781 g/mol. The molecule has 5 N–H and O–H groups in total. The second kappa shape index (κ2) is 20.7. The number of carbonyl (C=O) groups is 1. The zero-order valence-corrected chi connectivity index (χ0v) is 32.3. The Hall–Kier alpha value is -1.46. The van der Waals surface area contributed by atoms with E-state index >= 15 is 0 Å². The number of carbonyl (C=O) groups excluding carboxylic acids is 2. The maximum Gasteiger partial charge on any atom is 0.330 e. The van der Waals surface area contributed by atoms with Crippen LogP contribution in [0.15, 0.2) is 60.8 Å². The quantitative estimate of drug-likeness (QED) is 0.156. The normalized spacial score (nSPS) is 44.8. The first-order chi connectivity index (χ1) is 22.8. The van der Waals surface area contributed by atoms with Crippen molar-refractivity contribution in [2.75, 3.05) is 14.1 Å². The molecule has 14 heteroatoms. The van der Waals surface area contributed by atoms with Gasteiger partial charge in [-0.2, -0.15) is 0 Å². The Morgan fingerprint density at radius 3 is 2.28 bits per heavy atom. The van der Waals surface area contributed by atoms with Crippen LogP contribution in [0.4, 0.5) is 0 Å². The molecule has 0 aromatic heterocycles. The molecule has 3 fully saturated rings. The Kier molecular flexibility index (Phi) is 18.5. The van der Waals surface area contributed by atoms with Gasteiger partial charge >= 0.3 is 5.97 Å². The minimum atomic E-state index is -1.99. The van der Waals surface area contributed by atoms with Crippen LogP contribution in [-0.2, 0) is 66.0 Å². The summed E-state index contributed by atoms with van der Waals surface area (Å²) in [6.07, 6.45) is 9.29. The summed E-state index contributed by atoms with van der Waals surface area (Å²) in [5.74, 6) is -3.64. The number of aliphatic hydroxyl groups is 5. The van der Waals surface area contributed by atoms with Crippen molar-refractivity contribution in [2.45, 2.75) is 125 Å². The molecule has 279 valence electrons. The molecule has 0 amide bonds. The van der Waals surface area contributed by atoms with E-state index < -0.39 is 84.9 Å². The molecule has 4 aliphatic heterocycles. The van der Waals surface area contributed by atoms with Gasteiger partial charge in [0.05, 0.1) is 36.6 Å². The number of hydrogen-bond donors (Lipinski definition) is 5. The summed E-state index contributed by atoms with van der Waals surface area (Å²) < 4.78 is 29.0. The second-order valence-electron chi connectivity index (χ2n) is 13.2. The van der Waals surface area contributed by atoms with E-state index in [9.17, 15) is 35.1 Å². The van der Waals surface area contributed by atoms with Gasteiger partial charge in [-0.1, -0.05) is 54.5 Å². The van der Waals surface area contributed by atoms with Gasteiger partial charge in [0.25, 0.3) is 0 Å². The summed E-state index contributed by atoms with van der Waals surface area (Å²) in [6.45, 7) is 3.46. The molecule has 14 atom stereocenters. The SMILES string of the molecule is C[C@@H]1C/C=C/C=C/C=C/C=C/[C@H](OC2O[C@H](C)[C@@H](O)[C@H](N(C)C)[C@@H]2O)CC2O[C@](O)(C[C@@H](O)C[C@H]3O[C@@H]3/C=C/C(=O)O1)C[C@H](O)[C@H]2[C-]=O.[CH3-].[Y]. The number of hydrogen-bond acceptors (Lipinski definition) is 13. The van der Waals surface area contributed by atoms with E-state index in [2.05, 4.69) is 0 Å². The van der Waals surface area contributed by atoms with E-state index in [4.69, 9.17) is 23.7 Å². The van der Waals surface area contributed by atoms with Crippen molar-refractivity contribution >= 4 is 12.3 Å². The number of nitrogens with zero attached hydrogens (tertiary/aromatic N) is 1. The Morgan fingerprint density at radius 2 is 1.60 bits per heavy atom. The van der Waals surface area contributed by atoms with Crippen LogP contribution >= 0.6 is 0 Å². The van der Waals surface area contributed by atoms with Crippen LogP contribution in [0.5, 0.6) is 0 Å². The summed E-state index contributed by atoms with van der Waals surface area (Å²) in [5.41, 5.74) is 0. The summed E-state index contributed by atoms with van der Waals surface area (Å²) >= 11 is 0. The number of likely N-dealkylation sites (N-methyl/N-ethyl adjacent to an activating group) is 1. The Labute approximate surface area is 320 Å². The molecule has 0 aromatic rings. The zero-order valence-electron chi connectivity index (χ0n) is 29.4. The van der Waals surface area contributed by atoms with E-state index in [1.807, 2.05) is 24.5 Å². The van der Waals surface area contributed by atoms with Crippen molar-refractivity contribution in [2.24, 2.45) is 5.92 Å². The Balaban J connectivity index is 0.00000433. The summed E-state index contributed by atoms with van der Waals surface area (Å²) in [6, 6.07) is -0.688. The second-order valence-corrected chi connectivity index (χ2v) is 13.2. The third-order valence-electron chi connectivity index (χ3n) is 8.93. The molecule has 13 nitrogen and oxygen atoms in total. The van der Waals surface area contributed by atoms with Crippen molar-refractivity contribution in [3.8, 4) is 0 Å². The molecule has 4 aliphatic rings. The van der Waals surface area contributed by atoms with Gasteiger partial charge < -0.3 is 66.3 Å². The fourth-order valence-corrected chi connectivity index (χ4v) is 6.39. The van der Waals surface area contributed by atoms with Gasteiger partial charge in [-0.15, -0.1) is 0 Å². The molecule has 4 rings (SSSR count). The number of rotatable bonds is 4. The van der Waals surface area contributed by atoms with E-state index in [0.717, 1.165) is 0 Å². The van der Waals surface area contributed by atoms with Gasteiger partial charge in [0.2, 0.25) is 0 Å². The van der Waals surface area contributed by atoms with E-state index in [-0.39, 0.29) is 71.9 Å². The first-order valence-electron chi connectivity index (χ1n) is 16.5. The summed E-state index contributed by atoms with van der Waals surface area (Å²) in [4.78, 5) is 25.9. The van der Waals surface area contributed by atoms with Gasteiger partial charge in [0, 0.05) is 83.1 Å². The first kappa shape index (κ1) is 44.7. The molecule has 2 bridgehead atoms. The van der Waals surface area contributed by atoms with Crippen LogP contribution in [0.1, 0.15) is 46.0 Å². The number of aliphatic hydroxyl groups excluding tert-OH is 4. The van der Waals surface area contributed by atoms with E-state index in [1.165, 1.54) is 6.08 Å². The van der Waals surface area contributed by atoms with Crippen molar-refractivity contribution in [3.05, 3.63) is 68.2 Å². The molecular weight excluding hydrogens is 727 g/mol. The molecule has 0 aromatic carbocycles. The summed E-state index contributed by atoms with van der Waals surface area (Å²) in [5, 5.41) is 54.9. The third kappa shape index (κ3) is 12.9. The average Bonchev–Trinajstić information content (AvgIpc) is 3.74. The molecule has 1 radical (unpaired) electrons. The zero-order chi connectivity index (χ0) is 35.0. The maximum atomic E-state index is 12.2. The van der Waals surface area contributed by atoms with E-state index in [0.29, 0.717) is 6.42 Å². The monoisotopic (exact) mass is 780 g/mol. The first-order valence-corrected chi connectivity index (χ1v) is 16.5. The standard InChI is InChI=1S/C35H50NO12.CH3.Y/c1-21-12-10-8-6-5-7-9-11-13-24(46-34-33(42)31(36(3)4)32(41)22(2)45-34)17-28-25(20-37)26(39)19-35(43,48-28)18-23(38)16-29-27(47-29)14-15-30(40)44-21;;/h5-11,13-15,21-29,31-34,38-39,41-43H,12,16-19H2,1-4H3;1H3;/q2*-1;/b6-5+,9-7+,10-8+,13-11+,15-14+;;/t21-,22-,23+,24+,25-,26+,27-,28?,29-,31+,32-,33+,34?,35-;;/m1../s1. The van der Waals surface area contributed by atoms with Gasteiger partial charge in [-0.3, -0.25) is 6.29 Å². The predicted molar refractivity (Wildman–Crippen MR) is 179 cm³/mol. The fourth-order valence-electron chi connectivity index (χ4n) is 6.39. The van der Waals surface area contributed by atoms with Crippen LogP contribution in [-0.4, -0.2) is 136 Å². The molecule has 2 unspecified atom stereocenters. The van der Waals surface area contributed by atoms with Crippen LogP contribution < -0.4 is 0 Å². The number of fused-ring (bicyclic) bond motifs is 3. The Bertz CT molecular complexity index is 1230. The molecule has 50 heavy (non-hydrogen) atoms. The van der Waals surface area contributed by atoms with Crippen LogP contribution in [0.2, 0.25) is 0 Å². The number of epoxide rings is 1. The number of esters is 1. The molecule has 0 saturated carbocycles. The predicted octanol–water partition coefficient (Wildman–Crippen LogP) is 1.20. The van der Waals surface area contributed by atoms with Crippen molar-refractivity contribution in [1.29, 1.82) is 0 Å². The van der Waals surface area contributed by atoms with Crippen molar-refractivity contribution in [3.63, 3.8) is 0 Å². The van der Waals surface area contributed by atoms with Crippen molar-refractivity contribution in [1.82, 2.24) is 4.90 Å². The summed E-state index contributed by atoms with van der Waals surface area (Å²) in [7, 11) is 3.45. The van der Waals surface area contributed by atoms with Gasteiger partial charge in [-0.05, 0) is 34.0 Å². The largest absolute Gasteiger partial charge is 0.541 e. The topological polar surface area (TPSA) is 188 Å². The molecule has 3 saturated heterocycles. The van der Waals surface area contributed by atoms with Crippen molar-refractivity contribution < 1.29 is 91.5 Å². The molecule has 0 spiro atoms. The van der Waals surface area contributed by atoms with Crippen LogP contribution in [0.3, 0.4) is 0 Å².